The van der Waals surface area contributed by atoms with Gasteiger partial charge in [-0.3, -0.25) is 4.79 Å². The minimum Gasteiger partial charge on any atom is -0.465 e. The van der Waals surface area contributed by atoms with Crippen LogP contribution in [0.5, 0.6) is 0 Å². The Balaban J connectivity index is 2.24. The lowest BCUT2D eigenvalue weighted by atomic mass is 10.1. The third-order valence-electron chi connectivity index (χ3n) is 2.74. The standard InChI is InChI=1S/C15H11F2NO3/c1-21-15(20)10-4-7-12(17)13(8-10)18-14(19)9-2-5-11(16)6-3-9/h2-8H,1H3,(H,18,19). The quantitative estimate of drug-likeness (QED) is 0.884. The van der Waals surface area contributed by atoms with Crippen molar-refractivity contribution in [2.24, 2.45) is 0 Å². The third-order valence-corrected chi connectivity index (χ3v) is 2.74. The number of rotatable bonds is 3. The van der Waals surface area contributed by atoms with Gasteiger partial charge in [0.1, 0.15) is 11.6 Å². The van der Waals surface area contributed by atoms with Gasteiger partial charge in [-0.25, -0.2) is 13.6 Å². The van der Waals surface area contributed by atoms with Crippen molar-refractivity contribution in [2.45, 2.75) is 0 Å². The summed E-state index contributed by atoms with van der Waals surface area (Å²) in [4.78, 5) is 23.3. The van der Waals surface area contributed by atoms with Gasteiger partial charge in [0.25, 0.3) is 5.91 Å². The summed E-state index contributed by atoms with van der Waals surface area (Å²) in [5, 5.41) is 2.32. The zero-order chi connectivity index (χ0) is 15.4. The second-order valence-corrected chi connectivity index (χ2v) is 4.15. The average molecular weight is 291 g/mol. The highest BCUT2D eigenvalue weighted by atomic mass is 19.1. The fraction of sp³-hybridized carbons (Fsp3) is 0.0667. The number of hydrogen-bond acceptors (Lipinski definition) is 3. The van der Waals surface area contributed by atoms with E-state index in [1.54, 1.807) is 0 Å². The molecule has 21 heavy (non-hydrogen) atoms. The van der Waals surface area contributed by atoms with E-state index in [2.05, 4.69) is 10.1 Å². The highest BCUT2D eigenvalue weighted by Crippen LogP contribution is 2.18. The zero-order valence-electron chi connectivity index (χ0n) is 11.0. The Morgan fingerprint density at radius 3 is 2.24 bits per heavy atom. The molecular formula is C15H11F2NO3. The van der Waals surface area contributed by atoms with Crippen molar-refractivity contribution in [3.8, 4) is 0 Å². The molecule has 0 fully saturated rings. The lowest BCUT2D eigenvalue weighted by Crippen LogP contribution is -2.14. The Hall–Kier alpha value is -2.76. The van der Waals surface area contributed by atoms with E-state index < -0.39 is 23.5 Å². The molecule has 0 spiro atoms. The number of halogens is 2. The fourth-order valence-electron chi connectivity index (χ4n) is 1.66. The first kappa shape index (κ1) is 14.6. The van der Waals surface area contributed by atoms with Gasteiger partial charge in [0.2, 0.25) is 0 Å². The van der Waals surface area contributed by atoms with Gasteiger partial charge in [-0.1, -0.05) is 0 Å². The number of anilines is 1. The summed E-state index contributed by atoms with van der Waals surface area (Å²) < 4.78 is 30.9. The van der Waals surface area contributed by atoms with Gasteiger partial charge >= 0.3 is 5.97 Å². The minimum atomic E-state index is -0.696. The first-order valence-corrected chi connectivity index (χ1v) is 5.96. The van der Waals surface area contributed by atoms with Gasteiger partial charge in [-0.15, -0.1) is 0 Å². The maximum atomic E-state index is 13.7. The van der Waals surface area contributed by atoms with Crippen molar-refractivity contribution < 1.29 is 23.1 Å². The van der Waals surface area contributed by atoms with Gasteiger partial charge in [-0.05, 0) is 42.5 Å². The maximum absolute atomic E-state index is 13.7. The summed E-state index contributed by atoms with van der Waals surface area (Å²) >= 11 is 0. The number of hydrogen-bond donors (Lipinski definition) is 1. The molecule has 0 saturated carbocycles. The summed E-state index contributed by atoms with van der Waals surface area (Å²) in [6, 6.07) is 8.25. The molecular weight excluding hydrogens is 280 g/mol. The van der Waals surface area contributed by atoms with Crippen LogP contribution in [0.4, 0.5) is 14.5 Å². The van der Waals surface area contributed by atoms with Crippen LogP contribution < -0.4 is 5.32 Å². The van der Waals surface area contributed by atoms with Crippen molar-refractivity contribution >= 4 is 17.6 Å². The van der Waals surface area contributed by atoms with E-state index in [0.29, 0.717) is 0 Å². The largest absolute Gasteiger partial charge is 0.465 e. The second-order valence-electron chi connectivity index (χ2n) is 4.15. The molecule has 1 amide bonds. The summed E-state index contributed by atoms with van der Waals surface area (Å²) in [6.45, 7) is 0. The van der Waals surface area contributed by atoms with Crippen LogP contribution in [-0.4, -0.2) is 19.0 Å². The third kappa shape index (κ3) is 3.42. The Labute approximate surface area is 119 Å². The van der Waals surface area contributed by atoms with E-state index in [-0.39, 0.29) is 16.8 Å². The molecule has 2 rings (SSSR count). The summed E-state index contributed by atoms with van der Waals surface area (Å²) in [7, 11) is 1.20. The molecule has 0 saturated heterocycles. The minimum absolute atomic E-state index is 0.105. The van der Waals surface area contributed by atoms with Crippen molar-refractivity contribution in [3.63, 3.8) is 0 Å². The van der Waals surface area contributed by atoms with Crippen LogP contribution in [0.15, 0.2) is 42.5 Å². The van der Waals surface area contributed by atoms with E-state index in [4.69, 9.17) is 0 Å². The summed E-state index contributed by atoms with van der Waals surface area (Å²) in [5.74, 6) is -2.44. The highest BCUT2D eigenvalue weighted by Gasteiger charge is 2.13. The fourth-order valence-corrected chi connectivity index (χ4v) is 1.66. The Morgan fingerprint density at radius 2 is 1.62 bits per heavy atom. The van der Waals surface area contributed by atoms with Crippen molar-refractivity contribution in [2.75, 3.05) is 12.4 Å². The van der Waals surface area contributed by atoms with Crippen LogP contribution in [0.2, 0.25) is 0 Å². The molecule has 0 unspecified atom stereocenters. The molecule has 0 heterocycles. The number of nitrogens with one attached hydrogen (secondary N) is 1. The van der Waals surface area contributed by atoms with Crippen molar-refractivity contribution in [1.82, 2.24) is 0 Å². The predicted molar refractivity (Wildman–Crippen MR) is 72.1 cm³/mol. The molecule has 0 atom stereocenters. The van der Waals surface area contributed by atoms with Crippen LogP contribution >= 0.6 is 0 Å². The molecule has 1 N–H and O–H groups in total. The Bertz CT molecular complexity index is 684. The molecule has 0 aliphatic heterocycles. The average Bonchev–Trinajstić information content (AvgIpc) is 2.49. The summed E-state index contributed by atoms with van der Waals surface area (Å²) in [5.41, 5.74) is 0.111. The number of amides is 1. The molecule has 0 aromatic heterocycles. The normalized spacial score (nSPS) is 10.0. The molecule has 108 valence electrons. The van der Waals surface area contributed by atoms with Crippen molar-refractivity contribution in [1.29, 1.82) is 0 Å². The van der Waals surface area contributed by atoms with Gasteiger partial charge in [-0.2, -0.15) is 0 Å². The molecule has 4 nitrogen and oxygen atoms in total. The SMILES string of the molecule is COC(=O)c1ccc(F)c(NC(=O)c2ccc(F)cc2)c1. The van der Waals surface area contributed by atoms with E-state index in [1.165, 1.54) is 31.4 Å². The molecule has 0 aliphatic rings. The van der Waals surface area contributed by atoms with E-state index in [9.17, 15) is 18.4 Å². The molecule has 6 heteroatoms. The number of carbonyl (C=O) groups is 2. The lowest BCUT2D eigenvalue weighted by Gasteiger charge is -2.08. The first-order valence-electron chi connectivity index (χ1n) is 5.96. The number of carbonyl (C=O) groups excluding carboxylic acids is 2. The smallest absolute Gasteiger partial charge is 0.337 e. The van der Waals surface area contributed by atoms with E-state index in [1.807, 2.05) is 0 Å². The van der Waals surface area contributed by atoms with Crippen LogP contribution in [0.1, 0.15) is 20.7 Å². The van der Waals surface area contributed by atoms with Gasteiger partial charge in [0.05, 0.1) is 18.4 Å². The van der Waals surface area contributed by atoms with E-state index in [0.717, 1.165) is 18.2 Å². The Morgan fingerprint density at radius 1 is 1.00 bits per heavy atom. The number of esters is 1. The molecule has 0 bridgehead atoms. The van der Waals surface area contributed by atoms with Gasteiger partial charge < -0.3 is 10.1 Å². The monoisotopic (exact) mass is 291 g/mol. The zero-order valence-corrected chi connectivity index (χ0v) is 11.0. The highest BCUT2D eigenvalue weighted by molar-refractivity contribution is 6.04. The van der Waals surface area contributed by atoms with Gasteiger partial charge in [0.15, 0.2) is 0 Å². The van der Waals surface area contributed by atoms with E-state index >= 15 is 0 Å². The van der Waals surface area contributed by atoms with Crippen LogP contribution in [0.3, 0.4) is 0 Å². The molecule has 2 aromatic carbocycles. The van der Waals surface area contributed by atoms with Gasteiger partial charge in [0, 0.05) is 5.56 Å². The lowest BCUT2D eigenvalue weighted by molar-refractivity contribution is 0.0600. The van der Waals surface area contributed by atoms with Crippen molar-refractivity contribution in [3.05, 3.63) is 65.2 Å². The number of benzene rings is 2. The second kappa shape index (κ2) is 6.13. The molecule has 0 radical (unpaired) electrons. The van der Waals surface area contributed by atoms with Crippen LogP contribution in [0, 0.1) is 11.6 Å². The maximum Gasteiger partial charge on any atom is 0.337 e. The molecule has 2 aromatic rings. The topological polar surface area (TPSA) is 55.4 Å². The van der Waals surface area contributed by atoms with Crippen LogP contribution in [-0.2, 0) is 4.74 Å². The van der Waals surface area contributed by atoms with Crippen LogP contribution in [0.25, 0.3) is 0 Å². The Kier molecular flexibility index (Phi) is 4.27. The predicted octanol–water partition coefficient (Wildman–Crippen LogP) is 3.00. The number of methoxy groups -OCH3 is 1. The number of ether oxygens (including phenoxy) is 1. The first-order chi connectivity index (χ1) is 10.0. The molecule has 0 aliphatic carbocycles. The summed E-state index contributed by atoms with van der Waals surface area (Å²) in [6.07, 6.45) is 0.